The average molecular weight is 421 g/mol. The Morgan fingerprint density at radius 1 is 0.968 bits per heavy atom. The number of rotatable bonds is 9. The van der Waals surface area contributed by atoms with E-state index in [1.807, 2.05) is 66.1 Å². The summed E-state index contributed by atoms with van der Waals surface area (Å²) in [4.78, 5) is 24.6. The molecule has 0 aliphatic rings. The summed E-state index contributed by atoms with van der Waals surface area (Å²) in [6, 6.07) is 17.2. The van der Waals surface area contributed by atoms with E-state index in [2.05, 4.69) is 5.32 Å². The molecule has 0 saturated heterocycles. The van der Waals surface area contributed by atoms with E-state index in [0.29, 0.717) is 25.1 Å². The van der Waals surface area contributed by atoms with E-state index in [1.165, 1.54) is 0 Å². The zero-order chi connectivity index (χ0) is 22.4. The van der Waals surface area contributed by atoms with Gasteiger partial charge in [-0.1, -0.05) is 12.1 Å². The molecule has 0 aliphatic carbocycles. The van der Waals surface area contributed by atoms with E-state index in [9.17, 15) is 9.59 Å². The molecular formula is C25H28N2O4. The summed E-state index contributed by atoms with van der Waals surface area (Å²) in [6.45, 7) is 4.39. The lowest BCUT2D eigenvalue weighted by atomic mass is 10.1. The van der Waals surface area contributed by atoms with Crippen molar-refractivity contribution in [1.29, 1.82) is 0 Å². The Morgan fingerprint density at radius 3 is 2.32 bits per heavy atom. The Kier molecular flexibility index (Phi) is 7.13. The standard InChI is InChI=1S/C25H28N2O4/c1-17-23(18(2)28)15-24(20-8-10-21(30-3)11-9-20)27(17)13-12-25(29)26-16-19-6-5-7-22(14-19)31-4/h5-11,14-15H,12-13,16H2,1-4H3,(H,26,29). The molecule has 0 unspecified atom stereocenters. The van der Waals surface area contributed by atoms with Crippen molar-refractivity contribution in [3.63, 3.8) is 0 Å². The van der Waals surface area contributed by atoms with E-state index in [0.717, 1.165) is 34.0 Å². The molecule has 6 nitrogen and oxygen atoms in total. The van der Waals surface area contributed by atoms with Gasteiger partial charge in [-0.2, -0.15) is 0 Å². The van der Waals surface area contributed by atoms with Crippen LogP contribution in [0.2, 0.25) is 0 Å². The molecule has 0 aliphatic heterocycles. The molecule has 0 radical (unpaired) electrons. The van der Waals surface area contributed by atoms with Crippen LogP contribution in [0.3, 0.4) is 0 Å². The molecule has 0 atom stereocenters. The van der Waals surface area contributed by atoms with E-state index < -0.39 is 0 Å². The fourth-order valence-corrected chi connectivity index (χ4v) is 3.58. The maximum Gasteiger partial charge on any atom is 0.222 e. The summed E-state index contributed by atoms with van der Waals surface area (Å²) in [5.41, 5.74) is 4.38. The second-order valence-corrected chi connectivity index (χ2v) is 7.34. The Bertz CT molecular complexity index is 1070. The van der Waals surface area contributed by atoms with Crippen molar-refractivity contribution in [2.75, 3.05) is 14.2 Å². The van der Waals surface area contributed by atoms with Gasteiger partial charge in [-0.05, 0) is 67.4 Å². The average Bonchev–Trinajstić information content (AvgIpc) is 3.12. The Labute approximate surface area is 182 Å². The first-order chi connectivity index (χ1) is 14.9. The molecule has 3 aromatic rings. The monoisotopic (exact) mass is 420 g/mol. The Balaban J connectivity index is 1.73. The molecule has 0 spiro atoms. The molecule has 0 saturated carbocycles. The van der Waals surface area contributed by atoms with Crippen molar-refractivity contribution in [2.24, 2.45) is 0 Å². The number of amides is 1. The normalized spacial score (nSPS) is 10.6. The van der Waals surface area contributed by atoms with Gasteiger partial charge in [0.1, 0.15) is 11.5 Å². The molecule has 1 amide bonds. The summed E-state index contributed by atoms with van der Waals surface area (Å²) in [5, 5.41) is 2.95. The van der Waals surface area contributed by atoms with Crippen LogP contribution in [-0.2, 0) is 17.9 Å². The number of carbonyl (C=O) groups is 2. The lowest BCUT2D eigenvalue weighted by Crippen LogP contribution is -2.24. The van der Waals surface area contributed by atoms with Crippen molar-refractivity contribution < 1.29 is 19.1 Å². The van der Waals surface area contributed by atoms with Crippen molar-refractivity contribution in [2.45, 2.75) is 33.4 Å². The molecule has 6 heteroatoms. The first-order valence-corrected chi connectivity index (χ1v) is 10.2. The van der Waals surface area contributed by atoms with Gasteiger partial charge in [-0.25, -0.2) is 0 Å². The number of ether oxygens (including phenoxy) is 2. The Hall–Kier alpha value is -3.54. The van der Waals surface area contributed by atoms with E-state index in [4.69, 9.17) is 9.47 Å². The van der Waals surface area contributed by atoms with E-state index >= 15 is 0 Å². The number of methoxy groups -OCH3 is 2. The number of hydrogen-bond acceptors (Lipinski definition) is 4. The van der Waals surface area contributed by atoms with Gasteiger partial charge in [0.15, 0.2) is 5.78 Å². The van der Waals surface area contributed by atoms with Gasteiger partial charge in [-0.15, -0.1) is 0 Å². The number of benzene rings is 2. The molecule has 31 heavy (non-hydrogen) atoms. The Morgan fingerprint density at radius 2 is 1.68 bits per heavy atom. The molecule has 0 fully saturated rings. The van der Waals surface area contributed by atoms with Gasteiger partial charge in [0.05, 0.1) is 14.2 Å². The SMILES string of the molecule is COc1ccc(-c2cc(C(C)=O)c(C)n2CCC(=O)NCc2cccc(OC)c2)cc1. The lowest BCUT2D eigenvalue weighted by Gasteiger charge is -2.13. The zero-order valence-corrected chi connectivity index (χ0v) is 18.4. The highest BCUT2D eigenvalue weighted by Gasteiger charge is 2.17. The van der Waals surface area contributed by atoms with Crippen LogP contribution in [0.4, 0.5) is 0 Å². The molecule has 0 bridgehead atoms. The third-order valence-electron chi connectivity index (χ3n) is 5.32. The molecule has 1 aromatic heterocycles. The minimum Gasteiger partial charge on any atom is -0.497 e. The van der Waals surface area contributed by atoms with Crippen LogP contribution < -0.4 is 14.8 Å². The largest absolute Gasteiger partial charge is 0.497 e. The molecular weight excluding hydrogens is 392 g/mol. The van der Waals surface area contributed by atoms with Crippen LogP contribution in [-0.4, -0.2) is 30.5 Å². The second kappa shape index (κ2) is 9.98. The van der Waals surface area contributed by atoms with Crippen molar-refractivity contribution in [3.05, 3.63) is 71.4 Å². The van der Waals surface area contributed by atoms with Crippen LogP contribution in [0.1, 0.15) is 35.0 Å². The van der Waals surface area contributed by atoms with Crippen LogP contribution in [0.15, 0.2) is 54.6 Å². The molecule has 1 N–H and O–H groups in total. The summed E-state index contributed by atoms with van der Waals surface area (Å²) < 4.78 is 12.5. The quantitative estimate of drug-likeness (QED) is 0.521. The highest BCUT2D eigenvalue weighted by atomic mass is 16.5. The molecule has 1 heterocycles. The second-order valence-electron chi connectivity index (χ2n) is 7.34. The maximum absolute atomic E-state index is 12.5. The summed E-state index contributed by atoms with van der Waals surface area (Å²) in [7, 11) is 3.24. The smallest absolute Gasteiger partial charge is 0.222 e. The topological polar surface area (TPSA) is 69.6 Å². The van der Waals surface area contributed by atoms with Gasteiger partial charge in [-0.3, -0.25) is 9.59 Å². The number of ketones is 1. The van der Waals surface area contributed by atoms with E-state index in [-0.39, 0.29) is 11.7 Å². The zero-order valence-electron chi connectivity index (χ0n) is 18.4. The molecule has 162 valence electrons. The third kappa shape index (κ3) is 5.34. The summed E-state index contributed by atoms with van der Waals surface area (Å²) in [5.74, 6) is 1.48. The van der Waals surface area contributed by atoms with Gasteiger partial charge in [0, 0.05) is 36.5 Å². The van der Waals surface area contributed by atoms with E-state index in [1.54, 1.807) is 21.1 Å². The van der Waals surface area contributed by atoms with Gasteiger partial charge in [0.2, 0.25) is 5.91 Å². The highest BCUT2D eigenvalue weighted by molar-refractivity contribution is 5.96. The van der Waals surface area contributed by atoms with Gasteiger partial charge in [0.25, 0.3) is 0 Å². The van der Waals surface area contributed by atoms with Crippen molar-refractivity contribution >= 4 is 11.7 Å². The van der Waals surface area contributed by atoms with Crippen LogP contribution >= 0.6 is 0 Å². The minimum atomic E-state index is -0.0547. The van der Waals surface area contributed by atoms with Gasteiger partial charge < -0.3 is 19.4 Å². The van der Waals surface area contributed by atoms with Crippen LogP contribution in [0.25, 0.3) is 11.3 Å². The third-order valence-corrected chi connectivity index (χ3v) is 5.32. The number of nitrogens with one attached hydrogen (secondary N) is 1. The number of nitrogens with zero attached hydrogens (tertiary/aromatic N) is 1. The lowest BCUT2D eigenvalue weighted by molar-refractivity contribution is -0.121. The number of Topliss-reactive ketones (excluding diaryl/α,β-unsaturated/α-hetero) is 1. The summed E-state index contributed by atoms with van der Waals surface area (Å²) in [6.07, 6.45) is 0.306. The molecule has 3 rings (SSSR count). The van der Waals surface area contributed by atoms with Crippen molar-refractivity contribution in [1.82, 2.24) is 9.88 Å². The first-order valence-electron chi connectivity index (χ1n) is 10.2. The predicted molar refractivity (Wildman–Crippen MR) is 121 cm³/mol. The summed E-state index contributed by atoms with van der Waals surface area (Å²) >= 11 is 0. The number of aromatic nitrogens is 1. The fourth-order valence-electron chi connectivity index (χ4n) is 3.58. The number of carbonyl (C=O) groups excluding carboxylic acids is 2. The predicted octanol–water partition coefficient (Wildman–Crippen LogP) is 4.39. The van der Waals surface area contributed by atoms with Gasteiger partial charge >= 0.3 is 0 Å². The van der Waals surface area contributed by atoms with Crippen LogP contribution in [0, 0.1) is 6.92 Å². The number of hydrogen-bond donors (Lipinski definition) is 1. The first kappa shape index (κ1) is 22.2. The molecule has 2 aromatic carbocycles. The van der Waals surface area contributed by atoms with Crippen LogP contribution in [0.5, 0.6) is 11.5 Å². The highest BCUT2D eigenvalue weighted by Crippen LogP contribution is 2.28. The fraction of sp³-hybridized carbons (Fsp3) is 0.280. The van der Waals surface area contributed by atoms with Crippen molar-refractivity contribution in [3.8, 4) is 22.8 Å². The maximum atomic E-state index is 12.5. The minimum absolute atomic E-state index is 0.00786.